The van der Waals surface area contributed by atoms with Crippen molar-refractivity contribution in [1.82, 2.24) is 15.1 Å². The van der Waals surface area contributed by atoms with Gasteiger partial charge in [0.2, 0.25) is 5.91 Å². The second kappa shape index (κ2) is 11.1. The number of nitrogens with one attached hydrogen (secondary N) is 1. The molecule has 2 aliphatic rings. The molecule has 3 rings (SSSR count). The SMILES string of the molecule is COc1cccc(C(=O)N2CCCN(C(=O)CCC3CCCC3)C2C(=O)NCCN)c1. The van der Waals surface area contributed by atoms with Crippen molar-refractivity contribution in [2.75, 3.05) is 33.3 Å². The molecule has 1 aromatic rings. The average molecular weight is 431 g/mol. The van der Waals surface area contributed by atoms with Crippen LogP contribution in [0.5, 0.6) is 5.75 Å². The summed E-state index contributed by atoms with van der Waals surface area (Å²) in [6.45, 7) is 1.45. The Morgan fingerprint density at radius 3 is 2.58 bits per heavy atom. The molecule has 1 heterocycles. The van der Waals surface area contributed by atoms with E-state index in [-0.39, 0.29) is 24.3 Å². The second-order valence-corrected chi connectivity index (χ2v) is 8.31. The number of rotatable bonds is 8. The minimum Gasteiger partial charge on any atom is -0.497 e. The van der Waals surface area contributed by atoms with Gasteiger partial charge in [-0.3, -0.25) is 14.4 Å². The van der Waals surface area contributed by atoms with Crippen molar-refractivity contribution in [2.45, 2.75) is 51.1 Å². The number of amides is 3. The molecule has 170 valence electrons. The number of carbonyl (C=O) groups is 3. The van der Waals surface area contributed by atoms with E-state index in [4.69, 9.17) is 10.5 Å². The summed E-state index contributed by atoms with van der Waals surface area (Å²) >= 11 is 0. The number of nitrogens with zero attached hydrogens (tertiary/aromatic N) is 2. The molecule has 8 nitrogen and oxygen atoms in total. The first-order chi connectivity index (χ1) is 15.0. The van der Waals surface area contributed by atoms with Gasteiger partial charge >= 0.3 is 0 Å². The number of methoxy groups -OCH3 is 1. The average Bonchev–Trinajstić information content (AvgIpc) is 3.33. The topological polar surface area (TPSA) is 105 Å². The van der Waals surface area contributed by atoms with Crippen molar-refractivity contribution in [3.8, 4) is 5.75 Å². The van der Waals surface area contributed by atoms with E-state index in [1.54, 1.807) is 29.2 Å². The molecule has 1 atom stereocenters. The molecule has 8 heteroatoms. The first-order valence-corrected chi connectivity index (χ1v) is 11.3. The van der Waals surface area contributed by atoms with Gasteiger partial charge in [0.05, 0.1) is 7.11 Å². The fourth-order valence-electron chi connectivity index (χ4n) is 4.56. The first kappa shape index (κ1) is 23.1. The maximum atomic E-state index is 13.3. The summed E-state index contributed by atoms with van der Waals surface area (Å²) in [7, 11) is 1.54. The van der Waals surface area contributed by atoms with E-state index in [1.807, 2.05) is 0 Å². The van der Waals surface area contributed by atoms with Crippen LogP contribution in [0.15, 0.2) is 24.3 Å². The number of hydrogen-bond acceptors (Lipinski definition) is 5. The number of ether oxygens (including phenoxy) is 1. The van der Waals surface area contributed by atoms with E-state index in [1.165, 1.54) is 37.7 Å². The Hall–Kier alpha value is -2.61. The summed E-state index contributed by atoms with van der Waals surface area (Å²) in [4.78, 5) is 42.5. The van der Waals surface area contributed by atoms with Crippen LogP contribution < -0.4 is 15.8 Å². The monoisotopic (exact) mass is 430 g/mol. The minimum absolute atomic E-state index is 0.0667. The summed E-state index contributed by atoms with van der Waals surface area (Å²) in [5.41, 5.74) is 5.97. The fraction of sp³-hybridized carbons (Fsp3) is 0.609. The largest absolute Gasteiger partial charge is 0.497 e. The third kappa shape index (κ3) is 5.76. The molecule has 1 saturated carbocycles. The van der Waals surface area contributed by atoms with E-state index in [0.717, 1.165) is 6.42 Å². The number of benzene rings is 1. The molecular weight excluding hydrogens is 396 g/mol. The Morgan fingerprint density at radius 1 is 1.13 bits per heavy atom. The zero-order valence-electron chi connectivity index (χ0n) is 18.3. The van der Waals surface area contributed by atoms with Crippen molar-refractivity contribution in [1.29, 1.82) is 0 Å². The Labute approximate surface area is 184 Å². The van der Waals surface area contributed by atoms with Gasteiger partial charge in [-0.25, -0.2) is 0 Å². The third-order valence-electron chi connectivity index (χ3n) is 6.21. The molecule has 1 saturated heterocycles. The van der Waals surface area contributed by atoms with E-state index >= 15 is 0 Å². The molecule has 3 N–H and O–H groups in total. The maximum absolute atomic E-state index is 13.3. The van der Waals surface area contributed by atoms with Gasteiger partial charge in [-0.2, -0.15) is 0 Å². The molecule has 31 heavy (non-hydrogen) atoms. The number of hydrogen-bond donors (Lipinski definition) is 2. The standard InChI is InChI=1S/C23H34N4O4/c1-31-19-9-4-8-18(16-19)23(30)27-15-5-14-26(22(27)21(29)25-13-12-24)20(28)11-10-17-6-2-3-7-17/h4,8-9,16-17,22H,2-3,5-7,10-15,24H2,1H3,(H,25,29). The molecule has 1 aliphatic carbocycles. The lowest BCUT2D eigenvalue weighted by Crippen LogP contribution is -2.63. The van der Waals surface area contributed by atoms with Crippen LogP contribution in [-0.4, -0.2) is 67.0 Å². The van der Waals surface area contributed by atoms with E-state index in [9.17, 15) is 14.4 Å². The number of nitrogens with two attached hydrogens (primary N) is 1. The molecule has 0 aromatic heterocycles. The Balaban J connectivity index is 1.79. The molecule has 1 aromatic carbocycles. The van der Waals surface area contributed by atoms with Crippen LogP contribution >= 0.6 is 0 Å². The highest BCUT2D eigenvalue weighted by atomic mass is 16.5. The highest BCUT2D eigenvalue weighted by molar-refractivity contribution is 5.99. The number of carbonyl (C=O) groups excluding carboxylic acids is 3. The maximum Gasteiger partial charge on any atom is 0.263 e. The van der Waals surface area contributed by atoms with E-state index < -0.39 is 6.17 Å². The lowest BCUT2D eigenvalue weighted by molar-refractivity contribution is -0.149. The van der Waals surface area contributed by atoms with Crippen LogP contribution in [-0.2, 0) is 9.59 Å². The fourth-order valence-corrected chi connectivity index (χ4v) is 4.56. The van der Waals surface area contributed by atoms with Crippen LogP contribution in [0.2, 0.25) is 0 Å². The molecule has 1 unspecified atom stereocenters. The van der Waals surface area contributed by atoms with Gasteiger partial charge in [-0.1, -0.05) is 31.7 Å². The first-order valence-electron chi connectivity index (χ1n) is 11.3. The lowest BCUT2D eigenvalue weighted by atomic mass is 10.0. The van der Waals surface area contributed by atoms with Crippen molar-refractivity contribution >= 4 is 17.7 Å². The van der Waals surface area contributed by atoms with Gasteiger partial charge in [0.25, 0.3) is 11.8 Å². The minimum atomic E-state index is -0.963. The quantitative estimate of drug-likeness (QED) is 0.654. The van der Waals surface area contributed by atoms with Crippen LogP contribution in [0.1, 0.15) is 55.3 Å². The summed E-state index contributed by atoms with van der Waals surface area (Å²) < 4.78 is 5.23. The summed E-state index contributed by atoms with van der Waals surface area (Å²) in [5.74, 6) is 0.433. The Morgan fingerprint density at radius 2 is 1.87 bits per heavy atom. The van der Waals surface area contributed by atoms with Crippen molar-refractivity contribution in [3.05, 3.63) is 29.8 Å². The summed E-state index contributed by atoms with van der Waals surface area (Å²) in [6, 6.07) is 6.85. The smallest absolute Gasteiger partial charge is 0.263 e. The van der Waals surface area contributed by atoms with Gasteiger partial charge in [-0.05, 0) is 37.0 Å². The van der Waals surface area contributed by atoms with Gasteiger partial charge in [0, 0.05) is 38.2 Å². The van der Waals surface area contributed by atoms with Gasteiger partial charge in [-0.15, -0.1) is 0 Å². The molecule has 0 bridgehead atoms. The molecule has 2 fully saturated rings. The van der Waals surface area contributed by atoms with Crippen LogP contribution in [0.25, 0.3) is 0 Å². The molecule has 1 aliphatic heterocycles. The summed E-state index contributed by atoms with van der Waals surface area (Å²) in [5, 5.41) is 2.77. The van der Waals surface area contributed by atoms with E-state index in [2.05, 4.69) is 5.32 Å². The zero-order valence-corrected chi connectivity index (χ0v) is 18.3. The van der Waals surface area contributed by atoms with Crippen LogP contribution in [0, 0.1) is 5.92 Å². The Bertz CT molecular complexity index is 779. The van der Waals surface area contributed by atoms with Gasteiger partial charge in [0.1, 0.15) is 5.75 Å². The third-order valence-corrected chi connectivity index (χ3v) is 6.21. The predicted octanol–water partition coefficient (Wildman–Crippen LogP) is 1.74. The van der Waals surface area contributed by atoms with Gasteiger partial charge in [0.15, 0.2) is 6.17 Å². The highest BCUT2D eigenvalue weighted by Crippen LogP contribution is 2.29. The molecule has 0 radical (unpaired) electrons. The highest BCUT2D eigenvalue weighted by Gasteiger charge is 2.40. The lowest BCUT2D eigenvalue weighted by Gasteiger charge is -2.43. The van der Waals surface area contributed by atoms with E-state index in [0.29, 0.717) is 49.7 Å². The summed E-state index contributed by atoms with van der Waals surface area (Å²) in [6.07, 6.45) is 5.73. The van der Waals surface area contributed by atoms with Crippen molar-refractivity contribution < 1.29 is 19.1 Å². The van der Waals surface area contributed by atoms with Gasteiger partial charge < -0.3 is 25.6 Å². The van der Waals surface area contributed by atoms with Crippen LogP contribution in [0.3, 0.4) is 0 Å². The second-order valence-electron chi connectivity index (χ2n) is 8.31. The molecule has 3 amide bonds. The van der Waals surface area contributed by atoms with Crippen molar-refractivity contribution in [2.24, 2.45) is 11.7 Å². The zero-order chi connectivity index (χ0) is 22.2. The molecule has 0 spiro atoms. The normalized spacial score (nSPS) is 19.4. The van der Waals surface area contributed by atoms with Crippen LogP contribution in [0.4, 0.5) is 0 Å². The van der Waals surface area contributed by atoms with Crippen molar-refractivity contribution in [3.63, 3.8) is 0 Å². The predicted molar refractivity (Wildman–Crippen MR) is 117 cm³/mol. The molecular formula is C23H34N4O4. The Kier molecular flexibility index (Phi) is 8.28.